The summed E-state index contributed by atoms with van der Waals surface area (Å²) in [4.78, 5) is 25.3. The average Bonchev–Trinajstić information content (AvgIpc) is 2.95. The zero-order valence-electron chi connectivity index (χ0n) is 11.2. The van der Waals surface area contributed by atoms with E-state index < -0.39 is 10.9 Å². The molecule has 0 aromatic carbocycles. The Kier molecular flexibility index (Phi) is 4.50. The molecular formula is C13H13N3O5. The van der Waals surface area contributed by atoms with Crippen LogP contribution in [-0.4, -0.2) is 22.5 Å². The highest BCUT2D eigenvalue weighted by atomic mass is 16.6. The summed E-state index contributed by atoms with van der Waals surface area (Å²) in [6.07, 6.45) is 1.16. The number of aromatic nitrogens is 1. The van der Waals surface area contributed by atoms with Crippen molar-refractivity contribution in [3.63, 3.8) is 0 Å². The highest BCUT2D eigenvalue weighted by molar-refractivity contribution is 5.86. The predicted molar refractivity (Wildman–Crippen MR) is 72.9 cm³/mol. The molecule has 8 heteroatoms. The summed E-state index contributed by atoms with van der Waals surface area (Å²) in [5, 5.41) is 13.4. The van der Waals surface area contributed by atoms with Crippen LogP contribution in [0.15, 0.2) is 34.9 Å². The van der Waals surface area contributed by atoms with E-state index >= 15 is 0 Å². The van der Waals surface area contributed by atoms with Gasteiger partial charge in [-0.15, -0.1) is 0 Å². The fourth-order valence-corrected chi connectivity index (χ4v) is 1.56. The van der Waals surface area contributed by atoms with Crippen LogP contribution < -0.4 is 5.32 Å². The number of esters is 1. The number of hydrogen-bond acceptors (Lipinski definition) is 7. The Morgan fingerprint density at radius 2 is 2.24 bits per heavy atom. The van der Waals surface area contributed by atoms with E-state index in [9.17, 15) is 14.9 Å². The van der Waals surface area contributed by atoms with Gasteiger partial charge in [0.05, 0.1) is 18.1 Å². The minimum Gasteiger partial charge on any atom is -0.460 e. The topological polar surface area (TPSA) is 108 Å². The van der Waals surface area contributed by atoms with Gasteiger partial charge in [0.25, 0.3) is 5.69 Å². The lowest BCUT2D eigenvalue weighted by Gasteiger charge is -2.02. The Labute approximate surface area is 119 Å². The number of ether oxygens (including phenoxy) is 1. The van der Waals surface area contributed by atoms with Crippen LogP contribution in [0.25, 0.3) is 0 Å². The fourth-order valence-electron chi connectivity index (χ4n) is 1.56. The first-order chi connectivity index (χ1) is 10.1. The standard InChI is InChI=1S/C13H13N3O5/c1-2-20-13(17)11-5-4-10(21-11)8-15-12-6-3-9(7-14-12)16(18)19/h3-7H,2,8H2,1H3,(H,14,15). The van der Waals surface area contributed by atoms with Gasteiger partial charge in [-0.05, 0) is 25.1 Å². The summed E-state index contributed by atoms with van der Waals surface area (Å²) in [7, 11) is 0. The first-order valence-corrected chi connectivity index (χ1v) is 6.20. The van der Waals surface area contributed by atoms with Crippen LogP contribution in [0.2, 0.25) is 0 Å². The number of furan rings is 1. The third-order valence-corrected chi connectivity index (χ3v) is 2.54. The second-order valence-corrected chi connectivity index (χ2v) is 4.00. The number of nitro groups is 1. The maximum Gasteiger partial charge on any atom is 0.374 e. The summed E-state index contributed by atoms with van der Waals surface area (Å²) < 4.78 is 10.1. The molecule has 110 valence electrons. The summed E-state index contributed by atoms with van der Waals surface area (Å²) in [5.74, 6) is 0.607. The van der Waals surface area contributed by atoms with Crippen LogP contribution in [-0.2, 0) is 11.3 Å². The number of anilines is 1. The molecule has 0 saturated carbocycles. The molecule has 8 nitrogen and oxygen atoms in total. The number of pyridine rings is 1. The molecule has 0 aliphatic heterocycles. The van der Waals surface area contributed by atoms with E-state index in [0.29, 0.717) is 18.1 Å². The normalized spacial score (nSPS) is 10.1. The average molecular weight is 291 g/mol. The number of hydrogen-bond donors (Lipinski definition) is 1. The summed E-state index contributed by atoms with van der Waals surface area (Å²) in [6.45, 7) is 2.29. The predicted octanol–water partition coefficient (Wildman–Crippen LogP) is 2.37. The molecule has 0 spiro atoms. The van der Waals surface area contributed by atoms with E-state index in [2.05, 4.69) is 10.3 Å². The van der Waals surface area contributed by atoms with E-state index in [0.717, 1.165) is 6.20 Å². The van der Waals surface area contributed by atoms with Crippen LogP contribution in [0.3, 0.4) is 0 Å². The number of nitrogens with one attached hydrogen (secondary N) is 1. The van der Waals surface area contributed by atoms with Gasteiger partial charge in [0, 0.05) is 6.07 Å². The van der Waals surface area contributed by atoms with E-state index in [-0.39, 0.29) is 18.1 Å². The molecule has 2 rings (SSSR count). The molecule has 2 aromatic heterocycles. The molecule has 0 saturated heterocycles. The molecule has 0 bridgehead atoms. The molecule has 0 unspecified atom stereocenters. The molecule has 0 radical (unpaired) electrons. The molecule has 2 aromatic rings. The van der Waals surface area contributed by atoms with Crippen molar-refractivity contribution in [3.8, 4) is 0 Å². The van der Waals surface area contributed by atoms with Gasteiger partial charge in [0.1, 0.15) is 17.8 Å². The second kappa shape index (κ2) is 6.51. The smallest absolute Gasteiger partial charge is 0.374 e. The van der Waals surface area contributed by atoms with Crippen molar-refractivity contribution in [2.24, 2.45) is 0 Å². The molecule has 21 heavy (non-hydrogen) atoms. The first-order valence-electron chi connectivity index (χ1n) is 6.20. The van der Waals surface area contributed by atoms with Gasteiger partial charge in [-0.3, -0.25) is 10.1 Å². The van der Waals surface area contributed by atoms with E-state index in [1.807, 2.05) is 0 Å². The Morgan fingerprint density at radius 3 is 2.86 bits per heavy atom. The maximum absolute atomic E-state index is 11.4. The van der Waals surface area contributed by atoms with Crippen molar-refractivity contribution in [2.45, 2.75) is 13.5 Å². The fraction of sp³-hybridized carbons (Fsp3) is 0.231. The van der Waals surface area contributed by atoms with Crippen LogP contribution >= 0.6 is 0 Å². The zero-order valence-corrected chi connectivity index (χ0v) is 11.2. The largest absolute Gasteiger partial charge is 0.460 e. The molecular weight excluding hydrogens is 278 g/mol. The molecule has 2 heterocycles. The van der Waals surface area contributed by atoms with Crippen molar-refractivity contribution < 1.29 is 18.9 Å². The van der Waals surface area contributed by atoms with E-state index in [4.69, 9.17) is 9.15 Å². The Morgan fingerprint density at radius 1 is 1.43 bits per heavy atom. The quantitative estimate of drug-likeness (QED) is 0.494. The van der Waals surface area contributed by atoms with Crippen LogP contribution in [0.4, 0.5) is 11.5 Å². The van der Waals surface area contributed by atoms with Crippen molar-refractivity contribution >= 4 is 17.5 Å². The zero-order chi connectivity index (χ0) is 15.2. The molecule has 0 amide bonds. The highest BCUT2D eigenvalue weighted by Crippen LogP contribution is 2.14. The number of carbonyl (C=O) groups excluding carboxylic acids is 1. The summed E-state index contributed by atoms with van der Waals surface area (Å²) in [6, 6.07) is 6.01. The molecule has 0 aliphatic rings. The van der Waals surface area contributed by atoms with Crippen molar-refractivity contribution in [1.82, 2.24) is 4.98 Å². The number of rotatable bonds is 6. The summed E-state index contributed by atoms with van der Waals surface area (Å²) >= 11 is 0. The lowest BCUT2D eigenvalue weighted by atomic mass is 10.4. The van der Waals surface area contributed by atoms with Crippen molar-refractivity contribution in [2.75, 3.05) is 11.9 Å². The monoisotopic (exact) mass is 291 g/mol. The van der Waals surface area contributed by atoms with Gasteiger partial charge in [-0.25, -0.2) is 9.78 Å². The molecule has 0 aliphatic carbocycles. The molecule has 1 N–H and O–H groups in total. The minimum atomic E-state index is -0.519. The SMILES string of the molecule is CCOC(=O)c1ccc(CNc2ccc([N+](=O)[O-])cn2)o1. The molecule has 0 fully saturated rings. The lowest BCUT2D eigenvalue weighted by molar-refractivity contribution is -0.385. The van der Waals surface area contributed by atoms with Crippen molar-refractivity contribution in [1.29, 1.82) is 0 Å². The van der Waals surface area contributed by atoms with Gasteiger partial charge in [0.15, 0.2) is 0 Å². The highest BCUT2D eigenvalue weighted by Gasteiger charge is 2.12. The lowest BCUT2D eigenvalue weighted by Crippen LogP contribution is -2.03. The maximum atomic E-state index is 11.4. The van der Waals surface area contributed by atoms with Gasteiger partial charge >= 0.3 is 5.97 Å². The second-order valence-electron chi connectivity index (χ2n) is 4.00. The van der Waals surface area contributed by atoms with Crippen LogP contribution in [0.5, 0.6) is 0 Å². The van der Waals surface area contributed by atoms with Gasteiger partial charge in [0.2, 0.25) is 5.76 Å². The van der Waals surface area contributed by atoms with Gasteiger partial charge in [-0.1, -0.05) is 0 Å². The Balaban J connectivity index is 1.94. The Hall–Kier alpha value is -2.90. The van der Waals surface area contributed by atoms with Crippen molar-refractivity contribution in [3.05, 3.63) is 52.1 Å². The van der Waals surface area contributed by atoms with E-state index in [1.54, 1.807) is 13.0 Å². The third kappa shape index (κ3) is 3.78. The first kappa shape index (κ1) is 14.5. The molecule has 0 atom stereocenters. The number of carbonyl (C=O) groups is 1. The minimum absolute atomic E-state index is 0.0804. The number of nitrogens with zero attached hydrogens (tertiary/aromatic N) is 2. The Bertz CT molecular complexity index is 636. The summed E-state index contributed by atoms with van der Waals surface area (Å²) in [5.41, 5.74) is -0.0804. The van der Waals surface area contributed by atoms with Crippen LogP contribution in [0.1, 0.15) is 23.2 Å². The van der Waals surface area contributed by atoms with E-state index in [1.165, 1.54) is 18.2 Å². The third-order valence-electron chi connectivity index (χ3n) is 2.54. The van der Waals surface area contributed by atoms with Gasteiger partial charge in [-0.2, -0.15) is 0 Å². The van der Waals surface area contributed by atoms with Gasteiger partial charge < -0.3 is 14.5 Å². The van der Waals surface area contributed by atoms with Crippen LogP contribution in [0, 0.1) is 10.1 Å².